The minimum absolute atomic E-state index is 0.347. The topological polar surface area (TPSA) is 26.3 Å². The third kappa shape index (κ3) is 2.58. The number of carbonyl (C=O) groups excluding carboxylic acids is 1. The molecule has 62 valence electrons. The number of benzene rings is 1. The third-order valence-corrected chi connectivity index (χ3v) is 1.18. The van der Waals surface area contributed by atoms with Crippen molar-refractivity contribution in [3.05, 3.63) is 41.9 Å². The van der Waals surface area contributed by atoms with Gasteiger partial charge in [0.2, 0.25) is 0 Å². The Hall–Kier alpha value is -1.57. The van der Waals surface area contributed by atoms with E-state index in [4.69, 9.17) is 6.85 Å². The molecule has 12 heavy (non-hydrogen) atoms. The lowest BCUT2D eigenvalue weighted by Gasteiger charge is -1.91. The summed E-state index contributed by atoms with van der Waals surface area (Å²) in [7, 11) is -2.90. The van der Waals surface area contributed by atoms with Crippen LogP contribution in [-0.2, 0) is 9.53 Å². The van der Waals surface area contributed by atoms with Crippen molar-refractivity contribution in [1.82, 2.24) is 0 Å². The average Bonchev–Trinajstić information content (AvgIpc) is 2.26. The molecule has 0 heterocycles. The van der Waals surface area contributed by atoms with Crippen molar-refractivity contribution in [3.63, 3.8) is 0 Å². The normalized spacial score (nSPS) is 18.8. The van der Waals surface area contributed by atoms with Gasteiger partial charge in [-0.1, -0.05) is 30.3 Å². The van der Waals surface area contributed by atoms with Crippen molar-refractivity contribution < 1.29 is 16.4 Å². The van der Waals surface area contributed by atoms with Crippen LogP contribution in [0.1, 0.15) is 12.4 Å². The van der Waals surface area contributed by atoms with Gasteiger partial charge in [-0.05, 0) is 11.6 Å². The number of esters is 1. The van der Waals surface area contributed by atoms with E-state index in [1.807, 2.05) is 0 Å². The first-order valence-corrected chi connectivity index (χ1v) is 3.27. The Labute approximate surface area is 78.5 Å². The van der Waals surface area contributed by atoms with Crippen LogP contribution >= 0.6 is 0 Å². The van der Waals surface area contributed by atoms with Gasteiger partial charge >= 0.3 is 5.97 Å². The molecule has 1 rings (SSSR count). The zero-order valence-corrected chi connectivity index (χ0v) is 6.20. The predicted molar refractivity (Wildman–Crippen MR) is 47.5 cm³/mol. The lowest BCUT2D eigenvalue weighted by atomic mass is 10.2. The fourth-order valence-electron chi connectivity index (χ4n) is 0.670. The van der Waals surface area contributed by atoms with E-state index in [1.54, 1.807) is 30.3 Å². The SMILES string of the molecule is [2H]/C(C(=O)OC([2H])([2H])[2H])=C(/[2H])c1ccccc1. The number of ether oxygens (including phenoxy) is 1. The Kier molecular flexibility index (Phi) is 1.41. The standard InChI is InChI=1S/C10H10O2/c1-12-10(11)8-7-9-5-3-2-4-6-9/h2-8H,1H3/b8-7+/i1D3,7D,8D. The first-order chi connectivity index (χ1) is 7.81. The van der Waals surface area contributed by atoms with Crippen LogP contribution in [0.15, 0.2) is 36.4 Å². The Morgan fingerprint density at radius 1 is 1.58 bits per heavy atom. The quantitative estimate of drug-likeness (QED) is 0.496. The number of methoxy groups -OCH3 is 1. The molecule has 0 spiro atoms. The second-order valence-electron chi connectivity index (χ2n) is 2.01. The molecule has 0 amide bonds. The zero-order chi connectivity index (χ0) is 13.1. The van der Waals surface area contributed by atoms with E-state index in [9.17, 15) is 4.79 Å². The van der Waals surface area contributed by atoms with E-state index in [2.05, 4.69) is 4.74 Å². The van der Waals surface area contributed by atoms with Crippen LogP contribution in [0.2, 0.25) is 0 Å². The molecule has 0 bridgehead atoms. The summed E-state index contributed by atoms with van der Waals surface area (Å²) in [5.41, 5.74) is 0.347. The van der Waals surface area contributed by atoms with E-state index in [1.165, 1.54) is 0 Å². The van der Waals surface area contributed by atoms with E-state index < -0.39 is 19.1 Å². The molecule has 0 atom stereocenters. The van der Waals surface area contributed by atoms with Crippen LogP contribution in [0.3, 0.4) is 0 Å². The average molecular weight is 167 g/mol. The summed E-state index contributed by atoms with van der Waals surface area (Å²) >= 11 is 0. The lowest BCUT2D eigenvalue weighted by Crippen LogP contribution is -1.92. The molecule has 0 saturated heterocycles. The smallest absolute Gasteiger partial charge is 0.330 e. The summed E-state index contributed by atoms with van der Waals surface area (Å²) in [6, 6.07) is 6.94. The van der Waals surface area contributed by atoms with Crippen molar-refractivity contribution in [2.75, 3.05) is 7.04 Å². The summed E-state index contributed by atoms with van der Waals surface area (Å²) in [5, 5.41) is 0. The van der Waals surface area contributed by atoms with Crippen LogP contribution in [0.4, 0.5) is 0 Å². The van der Waals surface area contributed by atoms with Gasteiger partial charge in [-0.3, -0.25) is 0 Å². The van der Waals surface area contributed by atoms with Gasteiger partial charge < -0.3 is 4.74 Å². The van der Waals surface area contributed by atoms with Crippen LogP contribution in [0.5, 0.6) is 0 Å². The van der Waals surface area contributed by atoms with Gasteiger partial charge in [-0.25, -0.2) is 4.79 Å². The number of hydrogen-bond acceptors (Lipinski definition) is 2. The molecule has 0 aliphatic rings. The Morgan fingerprint density at radius 3 is 3.00 bits per heavy atom. The summed E-state index contributed by atoms with van der Waals surface area (Å²) in [5.74, 6) is -1.33. The van der Waals surface area contributed by atoms with Gasteiger partial charge in [0.1, 0.15) is 0 Å². The number of rotatable bonds is 2. The van der Waals surface area contributed by atoms with Crippen LogP contribution in [-0.4, -0.2) is 13.0 Å². The van der Waals surface area contributed by atoms with Gasteiger partial charge in [-0.15, -0.1) is 0 Å². The summed E-state index contributed by atoms with van der Waals surface area (Å²) in [6.45, 7) is 0. The molecule has 0 aromatic heterocycles. The Morgan fingerprint density at radius 2 is 2.33 bits per heavy atom. The molecule has 1 aromatic rings. The maximum absolute atomic E-state index is 11.2. The van der Waals surface area contributed by atoms with E-state index in [0.29, 0.717) is 5.56 Å². The van der Waals surface area contributed by atoms with Crippen molar-refractivity contribution in [2.45, 2.75) is 0 Å². The van der Waals surface area contributed by atoms with Gasteiger partial charge in [0.15, 0.2) is 0 Å². The van der Waals surface area contributed by atoms with Crippen molar-refractivity contribution >= 4 is 12.0 Å². The number of carbonyl (C=O) groups is 1. The maximum Gasteiger partial charge on any atom is 0.330 e. The van der Waals surface area contributed by atoms with Gasteiger partial charge in [0.25, 0.3) is 0 Å². The molecule has 0 N–H and O–H groups in total. The maximum atomic E-state index is 11.2. The first-order valence-electron chi connectivity index (χ1n) is 5.77. The van der Waals surface area contributed by atoms with Crippen molar-refractivity contribution in [2.24, 2.45) is 0 Å². The predicted octanol–water partition coefficient (Wildman–Crippen LogP) is 1.87. The van der Waals surface area contributed by atoms with E-state index >= 15 is 0 Å². The molecular formula is C10H10O2. The van der Waals surface area contributed by atoms with Crippen LogP contribution in [0, 0.1) is 0 Å². The van der Waals surface area contributed by atoms with Crippen molar-refractivity contribution in [1.29, 1.82) is 0 Å². The van der Waals surface area contributed by atoms with Crippen LogP contribution in [0.25, 0.3) is 6.05 Å². The highest BCUT2D eigenvalue weighted by Crippen LogP contribution is 2.00. The summed E-state index contributed by atoms with van der Waals surface area (Å²) in [6.07, 6.45) is 0. The Bertz CT molecular complexity index is 436. The third-order valence-electron chi connectivity index (χ3n) is 1.18. The summed E-state index contributed by atoms with van der Waals surface area (Å²) < 4.78 is 39.1. The molecule has 2 heteroatoms. The second kappa shape index (κ2) is 4.34. The monoisotopic (exact) mass is 167 g/mol. The highest BCUT2D eigenvalue weighted by Gasteiger charge is 1.89. The first kappa shape index (κ1) is 3.90. The zero-order valence-electron chi connectivity index (χ0n) is 11.2. The molecule has 1 aromatic carbocycles. The second-order valence-corrected chi connectivity index (χ2v) is 2.01. The van der Waals surface area contributed by atoms with Crippen LogP contribution < -0.4 is 0 Å². The molecule has 0 aliphatic carbocycles. The Balaban J connectivity index is 2.95. The minimum Gasteiger partial charge on any atom is -0.466 e. The molecule has 0 fully saturated rings. The van der Waals surface area contributed by atoms with Gasteiger partial charge in [0.05, 0.1) is 13.9 Å². The fraction of sp³-hybridized carbons (Fsp3) is 0.100. The van der Waals surface area contributed by atoms with E-state index in [-0.39, 0.29) is 6.05 Å². The number of hydrogen-bond donors (Lipinski definition) is 0. The van der Waals surface area contributed by atoms with Crippen molar-refractivity contribution in [3.8, 4) is 0 Å². The fourth-order valence-corrected chi connectivity index (χ4v) is 0.670. The highest BCUT2D eigenvalue weighted by molar-refractivity contribution is 5.86. The molecule has 0 aliphatic heterocycles. The largest absolute Gasteiger partial charge is 0.466 e. The van der Waals surface area contributed by atoms with Gasteiger partial charge in [0, 0.05) is 6.05 Å². The molecule has 0 radical (unpaired) electrons. The molecule has 2 nitrogen and oxygen atoms in total. The lowest BCUT2D eigenvalue weighted by molar-refractivity contribution is -0.134. The van der Waals surface area contributed by atoms with Gasteiger partial charge in [-0.2, -0.15) is 0 Å². The highest BCUT2D eigenvalue weighted by atomic mass is 16.5. The molecule has 0 saturated carbocycles. The summed E-state index contributed by atoms with van der Waals surface area (Å²) in [4.78, 5) is 11.2. The van der Waals surface area contributed by atoms with E-state index in [0.717, 1.165) is 0 Å². The minimum atomic E-state index is -2.90. The molecule has 0 unspecified atom stereocenters. The molecular weight excluding hydrogens is 152 g/mol.